The highest BCUT2D eigenvalue weighted by molar-refractivity contribution is 5.97. The molecule has 32 heavy (non-hydrogen) atoms. The van der Waals surface area contributed by atoms with E-state index in [4.69, 9.17) is 14.2 Å². The number of para-hydroxylation sites is 1. The molecule has 0 spiro atoms. The number of carbonyl (C=O) groups is 2. The van der Waals surface area contributed by atoms with E-state index < -0.39 is 0 Å². The smallest absolute Gasteiger partial charge is 0.255 e. The molecule has 0 aliphatic heterocycles. The van der Waals surface area contributed by atoms with Crippen LogP contribution in [0.15, 0.2) is 72.8 Å². The first-order valence-electron chi connectivity index (χ1n) is 10.3. The fourth-order valence-electron chi connectivity index (χ4n) is 2.95. The molecule has 0 aromatic heterocycles. The van der Waals surface area contributed by atoms with Crippen molar-refractivity contribution in [2.75, 3.05) is 25.6 Å². The van der Waals surface area contributed by atoms with Crippen molar-refractivity contribution in [3.8, 4) is 23.0 Å². The fraction of sp³-hybridized carbons (Fsp3) is 0.200. The van der Waals surface area contributed by atoms with Gasteiger partial charge >= 0.3 is 0 Å². The lowest BCUT2D eigenvalue weighted by Gasteiger charge is -2.10. The molecule has 0 radical (unpaired) electrons. The van der Waals surface area contributed by atoms with E-state index in [1.807, 2.05) is 31.2 Å². The molecule has 3 aromatic carbocycles. The predicted octanol–water partition coefficient (Wildman–Crippen LogP) is 4.64. The van der Waals surface area contributed by atoms with Crippen molar-refractivity contribution >= 4 is 17.5 Å². The molecule has 0 fully saturated rings. The maximum Gasteiger partial charge on any atom is 0.255 e. The quantitative estimate of drug-likeness (QED) is 0.485. The molecule has 0 unspecified atom stereocenters. The molecular weight excluding hydrogens is 408 g/mol. The molecule has 0 saturated carbocycles. The first kappa shape index (κ1) is 22.7. The van der Waals surface area contributed by atoms with E-state index in [1.54, 1.807) is 48.5 Å². The van der Waals surface area contributed by atoms with Gasteiger partial charge in [0.1, 0.15) is 23.0 Å². The molecule has 7 heteroatoms. The maximum atomic E-state index is 12.3. The zero-order valence-corrected chi connectivity index (χ0v) is 18.1. The van der Waals surface area contributed by atoms with Crippen LogP contribution < -0.4 is 24.8 Å². The molecule has 0 atom stereocenters. The molecule has 2 N–H and O–H groups in total. The van der Waals surface area contributed by atoms with E-state index in [1.165, 1.54) is 7.11 Å². The number of rotatable bonds is 10. The maximum absolute atomic E-state index is 12.3. The third-order valence-electron chi connectivity index (χ3n) is 4.50. The molecule has 0 saturated heterocycles. The summed E-state index contributed by atoms with van der Waals surface area (Å²) in [5.41, 5.74) is 1.07. The Morgan fingerprint density at radius 3 is 2.12 bits per heavy atom. The van der Waals surface area contributed by atoms with Crippen LogP contribution in [0.2, 0.25) is 0 Å². The summed E-state index contributed by atoms with van der Waals surface area (Å²) in [5.74, 6) is 2.13. The summed E-state index contributed by atoms with van der Waals surface area (Å²) in [7, 11) is 1.51. The van der Waals surface area contributed by atoms with Gasteiger partial charge in [-0.25, -0.2) is 0 Å². The monoisotopic (exact) mass is 434 g/mol. The number of amides is 2. The van der Waals surface area contributed by atoms with E-state index in [0.717, 1.165) is 5.75 Å². The number of hydrogen-bond acceptors (Lipinski definition) is 5. The van der Waals surface area contributed by atoms with Gasteiger partial charge in [0.15, 0.2) is 0 Å². The first-order chi connectivity index (χ1) is 15.6. The molecule has 0 aliphatic carbocycles. The SMILES string of the molecule is CCOc1ccc(Oc2ccc(NC(=O)CCNC(=O)c3ccccc3OC)cc2)cc1. The number of anilines is 1. The third kappa shape index (κ3) is 6.50. The Bertz CT molecular complexity index is 1030. The first-order valence-corrected chi connectivity index (χ1v) is 10.3. The Kier molecular flexibility index (Phi) is 8.09. The summed E-state index contributed by atoms with van der Waals surface area (Å²) in [6.07, 6.45) is 0.144. The van der Waals surface area contributed by atoms with E-state index in [-0.39, 0.29) is 24.8 Å². The minimum absolute atomic E-state index is 0.144. The molecular formula is C25H26N2O5. The van der Waals surface area contributed by atoms with Gasteiger partial charge in [0.2, 0.25) is 5.91 Å². The average molecular weight is 434 g/mol. The number of ether oxygens (including phenoxy) is 3. The van der Waals surface area contributed by atoms with Gasteiger partial charge in [-0.15, -0.1) is 0 Å². The van der Waals surface area contributed by atoms with Crippen LogP contribution in [0.5, 0.6) is 23.0 Å². The van der Waals surface area contributed by atoms with Crippen molar-refractivity contribution in [3.05, 3.63) is 78.4 Å². The number of hydrogen-bond donors (Lipinski definition) is 2. The van der Waals surface area contributed by atoms with E-state index in [0.29, 0.717) is 35.1 Å². The van der Waals surface area contributed by atoms with Crippen molar-refractivity contribution in [2.24, 2.45) is 0 Å². The largest absolute Gasteiger partial charge is 0.496 e. The van der Waals surface area contributed by atoms with Gasteiger partial charge in [0, 0.05) is 18.7 Å². The van der Waals surface area contributed by atoms with Crippen LogP contribution in [-0.2, 0) is 4.79 Å². The highest BCUT2D eigenvalue weighted by atomic mass is 16.5. The summed E-state index contributed by atoms with van der Waals surface area (Å²) >= 11 is 0. The fourth-order valence-corrected chi connectivity index (χ4v) is 2.95. The van der Waals surface area contributed by atoms with Crippen molar-refractivity contribution in [1.29, 1.82) is 0 Å². The summed E-state index contributed by atoms with van der Waals surface area (Å²) in [5, 5.41) is 5.53. The molecule has 166 valence electrons. The van der Waals surface area contributed by atoms with Gasteiger partial charge in [-0.05, 0) is 67.6 Å². The lowest BCUT2D eigenvalue weighted by molar-refractivity contribution is -0.116. The second kappa shape index (κ2) is 11.4. The van der Waals surface area contributed by atoms with E-state index >= 15 is 0 Å². The van der Waals surface area contributed by atoms with Crippen LogP contribution in [0.4, 0.5) is 5.69 Å². The van der Waals surface area contributed by atoms with Gasteiger partial charge in [0.25, 0.3) is 5.91 Å². The topological polar surface area (TPSA) is 85.9 Å². The number of methoxy groups -OCH3 is 1. The van der Waals surface area contributed by atoms with Crippen LogP contribution in [0.1, 0.15) is 23.7 Å². The Morgan fingerprint density at radius 1 is 0.844 bits per heavy atom. The van der Waals surface area contributed by atoms with Gasteiger partial charge in [-0.3, -0.25) is 9.59 Å². The van der Waals surface area contributed by atoms with Gasteiger partial charge in [-0.1, -0.05) is 12.1 Å². The van der Waals surface area contributed by atoms with Crippen molar-refractivity contribution < 1.29 is 23.8 Å². The average Bonchev–Trinajstić information content (AvgIpc) is 2.81. The molecule has 3 rings (SSSR count). The standard InChI is InChI=1S/C25H26N2O5/c1-3-31-19-12-14-21(15-13-19)32-20-10-8-18(9-11-20)27-24(28)16-17-26-25(29)22-6-4-5-7-23(22)30-2/h4-15H,3,16-17H2,1-2H3,(H,26,29)(H,27,28). The Hall–Kier alpha value is -4.00. The van der Waals surface area contributed by atoms with Crippen LogP contribution in [0, 0.1) is 0 Å². The molecule has 7 nitrogen and oxygen atoms in total. The Balaban J connectivity index is 1.44. The molecule has 3 aromatic rings. The lowest BCUT2D eigenvalue weighted by Crippen LogP contribution is -2.28. The normalized spacial score (nSPS) is 10.2. The molecule has 0 heterocycles. The zero-order chi connectivity index (χ0) is 22.8. The van der Waals surface area contributed by atoms with Crippen LogP contribution in [0.3, 0.4) is 0 Å². The summed E-state index contributed by atoms with van der Waals surface area (Å²) in [6, 6.07) is 21.4. The zero-order valence-electron chi connectivity index (χ0n) is 18.1. The van der Waals surface area contributed by atoms with E-state index in [9.17, 15) is 9.59 Å². The summed E-state index contributed by atoms with van der Waals surface area (Å²) in [6.45, 7) is 2.76. The van der Waals surface area contributed by atoms with Crippen molar-refractivity contribution in [2.45, 2.75) is 13.3 Å². The Labute approximate surface area is 187 Å². The second-order valence-electron chi connectivity index (χ2n) is 6.79. The van der Waals surface area contributed by atoms with Crippen LogP contribution in [-0.4, -0.2) is 32.1 Å². The van der Waals surface area contributed by atoms with Crippen LogP contribution >= 0.6 is 0 Å². The highest BCUT2D eigenvalue weighted by Gasteiger charge is 2.11. The predicted molar refractivity (Wildman–Crippen MR) is 123 cm³/mol. The van der Waals surface area contributed by atoms with Crippen molar-refractivity contribution in [1.82, 2.24) is 5.32 Å². The highest BCUT2D eigenvalue weighted by Crippen LogP contribution is 2.25. The lowest BCUT2D eigenvalue weighted by atomic mass is 10.2. The number of nitrogens with one attached hydrogen (secondary N) is 2. The van der Waals surface area contributed by atoms with Gasteiger partial charge in [0.05, 0.1) is 19.3 Å². The van der Waals surface area contributed by atoms with Crippen LogP contribution in [0.25, 0.3) is 0 Å². The minimum Gasteiger partial charge on any atom is -0.496 e. The molecule has 0 bridgehead atoms. The Morgan fingerprint density at radius 2 is 1.47 bits per heavy atom. The number of benzene rings is 3. The van der Waals surface area contributed by atoms with Gasteiger partial charge in [-0.2, -0.15) is 0 Å². The van der Waals surface area contributed by atoms with Crippen molar-refractivity contribution in [3.63, 3.8) is 0 Å². The van der Waals surface area contributed by atoms with E-state index in [2.05, 4.69) is 10.6 Å². The molecule has 0 aliphatic rings. The second-order valence-corrected chi connectivity index (χ2v) is 6.79. The minimum atomic E-state index is -0.286. The summed E-state index contributed by atoms with van der Waals surface area (Å²) < 4.78 is 16.4. The molecule has 2 amide bonds. The van der Waals surface area contributed by atoms with Gasteiger partial charge < -0.3 is 24.8 Å². The number of carbonyl (C=O) groups excluding carboxylic acids is 2. The third-order valence-corrected chi connectivity index (χ3v) is 4.50. The summed E-state index contributed by atoms with van der Waals surface area (Å²) in [4.78, 5) is 24.4.